The fraction of sp³-hybridized carbons (Fsp3) is 0.154. The lowest BCUT2D eigenvalue weighted by Gasteiger charge is -2.08. The second-order valence-electron chi connectivity index (χ2n) is 3.96. The summed E-state index contributed by atoms with van der Waals surface area (Å²) >= 11 is 5.73. The predicted octanol–water partition coefficient (Wildman–Crippen LogP) is 1.96. The zero-order valence-electron chi connectivity index (χ0n) is 10.4. The summed E-state index contributed by atoms with van der Waals surface area (Å²) in [4.78, 5) is 15.8. The van der Waals surface area contributed by atoms with Crippen LogP contribution in [0.15, 0.2) is 29.3 Å². The fourth-order valence-corrected chi connectivity index (χ4v) is 1.94. The summed E-state index contributed by atoms with van der Waals surface area (Å²) < 4.78 is 19.4. The van der Waals surface area contributed by atoms with Gasteiger partial charge in [0.25, 0.3) is 5.56 Å². The van der Waals surface area contributed by atoms with Gasteiger partial charge in [-0.2, -0.15) is 5.26 Å². The molecule has 0 amide bonds. The Bertz CT molecular complexity index is 752. The largest absolute Gasteiger partial charge is 0.489 e. The molecule has 0 aliphatic rings. The highest BCUT2D eigenvalue weighted by atomic mass is 35.5. The molecule has 0 N–H and O–H groups in total. The van der Waals surface area contributed by atoms with Gasteiger partial charge in [0.1, 0.15) is 5.82 Å². The van der Waals surface area contributed by atoms with Crippen LogP contribution in [0.2, 0.25) is 5.15 Å². The van der Waals surface area contributed by atoms with Gasteiger partial charge in [-0.3, -0.25) is 9.36 Å². The average Bonchev–Trinajstić information content (AvgIpc) is 2.42. The number of nitrogens with zero attached hydrogens (tertiary/aromatic N) is 3. The smallest absolute Gasteiger partial charge is 0.297 e. The van der Waals surface area contributed by atoms with E-state index in [9.17, 15) is 9.18 Å². The van der Waals surface area contributed by atoms with Crippen LogP contribution < -0.4 is 10.3 Å². The van der Waals surface area contributed by atoms with Crippen molar-refractivity contribution in [1.29, 1.82) is 5.26 Å². The van der Waals surface area contributed by atoms with Crippen LogP contribution in [0, 0.1) is 17.1 Å². The lowest BCUT2D eigenvalue weighted by molar-refractivity contribution is 0.401. The van der Waals surface area contributed by atoms with Crippen molar-refractivity contribution in [3.05, 3.63) is 57.0 Å². The van der Waals surface area contributed by atoms with Gasteiger partial charge in [0.05, 0.1) is 31.6 Å². The van der Waals surface area contributed by atoms with Crippen molar-refractivity contribution in [2.24, 2.45) is 0 Å². The number of hydrogen-bond acceptors (Lipinski definition) is 4. The van der Waals surface area contributed by atoms with Crippen molar-refractivity contribution in [1.82, 2.24) is 9.55 Å². The first-order valence-corrected chi connectivity index (χ1v) is 5.91. The number of aromatic nitrogens is 2. The molecule has 0 saturated heterocycles. The summed E-state index contributed by atoms with van der Waals surface area (Å²) in [5.41, 5.74) is 0.173. The average molecular weight is 294 g/mol. The lowest BCUT2D eigenvalue weighted by Crippen LogP contribution is -2.22. The molecule has 0 aliphatic carbocycles. The number of benzene rings is 1. The zero-order valence-corrected chi connectivity index (χ0v) is 11.2. The molecule has 0 radical (unpaired) electrons. The first-order chi connectivity index (χ1) is 9.55. The maximum Gasteiger partial charge on any atom is 0.297 e. The Morgan fingerprint density at radius 2 is 2.25 bits per heavy atom. The normalized spacial score (nSPS) is 10.1. The number of rotatable bonds is 3. The molecule has 0 atom stereocenters. The predicted molar refractivity (Wildman–Crippen MR) is 70.3 cm³/mol. The van der Waals surface area contributed by atoms with Crippen LogP contribution in [0.3, 0.4) is 0 Å². The summed E-state index contributed by atoms with van der Waals surface area (Å²) in [5, 5.41) is 8.75. The Labute approximate surface area is 118 Å². The maximum absolute atomic E-state index is 13.3. The summed E-state index contributed by atoms with van der Waals surface area (Å²) in [5.74, 6) is -0.618. The number of nitriles is 1. The minimum atomic E-state index is -0.541. The molecule has 2 rings (SSSR count). The molecule has 0 unspecified atom stereocenters. The molecule has 102 valence electrons. The summed E-state index contributed by atoms with van der Waals surface area (Å²) in [6, 6.07) is 5.71. The van der Waals surface area contributed by atoms with E-state index in [1.54, 1.807) is 0 Å². The molecular weight excluding hydrogens is 285 g/mol. The molecule has 1 aromatic heterocycles. The van der Waals surface area contributed by atoms with E-state index in [4.69, 9.17) is 21.6 Å². The molecule has 7 heteroatoms. The van der Waals surface area contributed by atoms with E-state index in [0.29, 0.717) is 5.56 Å². The van der Waals surface area contributed by atoms with Crippen molar-refractivity contribution in [2.45, 2.75) is 6.54 Å². The Morgan fingerprint density at radius 3 is 2.90 bits per heavy atom. The third-order valence-electron chi connectivity index (χ3n) is 2.60. The number of ether oxygens (including phenoxy) is 1. The Morgan fingerprint density at radius 1 is 1.50 bits per heavy atom. The second kappa shape index (κ2) is 5.72. The van der Waals surface area contributed by atoms with Gasteiger partial charge in [-0.25, -0.2) is 9.37 Å². The third-order valence-corrected chi connectivity index (χ3v) is 2.87. The van der Waals surface area contributed by atoms with Gasteiger partial charge in [0.2, 0.25) is 5.75 Å². The second-order valence-corrected chi connectivity index (χ2v) is 4.32. The van der Waals surface area contributed by atoms with E-state index in [2.05, 4.69) is 4.98 Å². The number of methoxy groups -OCH3 is 1. The Hall–Kier alpha value is -2.39. The first kappa shape index (κ1) is 14.0. The molecule has 0 bridgehead atoms. The molecular formula is C13H9ClFN3O2. The van der Waals surface area contributed by atoms with E-state index in [-0.39, 0.29) is 23.0 Å². The van der Waals surface area contributed by atoms with Crippen molar-refractivity contribution in [3.8, 4) is 11.8 Å². The van der Waals surface area contributed by atoms with Gasteiger partial charge in [0, 0.05) is 0 Å². The van der Waals surface area contributed by atoms with E-state index >= 15 is 0 Å². The van der Waals surface area contributed by atoms with Crippen LogP contribution in [0.1, 0.15) is 11.1 Å². The van der Waals surface area contributed by atoms with Crippen LogP contribution in [-0.2, 0) is 6.54 Å². The monoisotopic (exact) mass is 293 g/mol. The third kappa shape index (κ3) is 2.78. The number of halogens is 2. The van der Waals surface area contributed by atoms with Crippen LogP contribution in [-0.4, -0.2) is 16.7 Å². The van der Waals surface area contributed by atoms with Crippen LogP contribution in [0.25, 0.3) is 0 Å². The maximum atomic E-state index is 13.3. The van der Waals surface area contributed by atoms with Gasteiger partial charge in [0.15, 0.2) is 5.15 Å². The van der Waals surface area contributed by atoms with E-state index < -0.39 is 11.4 Å². The highest BCUT2D eigenvalue weighted by Gasteiger charge is 2.11. The summed E-state index contributed by atoms with van der Waals surface area (Å²) in [6.07, 6.45) is 1.24. The van der Waals surface area contributed by atoms with Gasteiger partial charge >= 0.3 is 0 Å². The van der Waals surface area contributed by atoms with Gasteiger partial charge in [-0.15, -0.1) is 0 Å². The lowest BCUT2D eigenvalue weighted by atomic mass is 10.1. The van der Waals surface area contributed by atoms with E-state index in [0.717, 1.165) is 6.07 Å². The quantitative estimate of drug-likeness (QED) is 0.811. The molecule has 0 spiro atoms. The zero-order chi connectivity index (χ0) is 14.7. The molecule has 1 aromatic carbocycles. The van der Waals surface area contributed by atoms with Crippen LogP contribution in [0.5, 0.6) is 5.75 Å². The van der Waals surface area contributed by atoms with Crippen molar-refractivity contribution in [2.75, 3.05) is 7.11 Å². The molecule has 1 heterocycles. The standard InChI is InChI=1S/C13H9ClFN3O2/c1-20-11-12(14)17-7-18(13(11)19)6-9-2-8(5-16)3-10(15)4-9/h2-4,7H,6H2,1H3. The van der Waals surface area contributed by atoms with Gasteiger partial charge in [-0.1, -0.05) is 11.6 Å². The molecule has 0 aliphatic heterocycles. The molecule has 5 nitrogen and oxygen atoms in total. The minimum Gasteiger partial charge on any atom is -0.489 e. The fourth-order valence-electron chi connectivity index (χ4n) is 1.74. The first-order valence-electron chi connectivity index (χ1n) is 5.53. The van der Waals surface area contributed by atoms with Crippen molar-refractivity contribution >= 4 is 11.6 Å². The summed E-state index contributed by atoms with van der Waals surface area (Å²) in [7, 11) is 1.31. The van der Waals surface area contributed by atoms with Crippen molar-refractivity contribution < 1.29 is 9.13 Å². The minimum absolute atomic E-state index is 0.0364. The van der Waals surface area contributed by atoms with Crippen molar-refractivity contribution in [3.63, 3.8) is 0 Å². The highest BCUT2D eigenvalue weighted by Crippen LogP contribution is 2.16. The van der Waals surface area contributed by atoms with E-state index in [1.807, 2.05) is 6.07 Å². The topological polar surface area (TPSA) is 67.9 Å². The summed E-state index contributed by atoms with van der Waals surface area (Å²) in [6.45, 7) is 0.0613. The molecule has 20 heavy (non-hydrogen) atoms. The van der Waals surface area contributed by atoms with Crippen LogP contribution in [0.4, 0.5) is 4.39 Å². The van der Waals surface area contributed by atoms with Gasteiger partial charge in [-0.05, 0) is 23.8 Å². The molecule has 0 saturated carbocycles. The number of hydrogen-bond donors (Lipinski definition) is 0. The Balaban J connectivity index is 2.43. The van der Waals surface area contributed by atoms with E-state index in [1.165, 1.54) is 30.1 Å². The SMILES string of the molecule is COc1c(Cl)ncn(Cc2cc(F)cc(C#N)c2)c1=O. The van der Waals surface area contributed by atoms with Gasteiger partial charge < -0.3 is 4.74 Å². The molecule has 0 fully saturated rings. The Kier molecular flexibility index (Phi) is 4.01. The molecule has 2 aromatic rings. The highest BCUT2D eigenvalue weighted by molar-refractivity contribution is 6.30. The van der Waals surface area contributed by atoms with Crippen LogP contribution >= 0.6 is 11.6 Å².